The highest BCUT2D eigenvalue weighted by Crippen LogP contribution is 2.27. The highest BCUT2D eigenvalue weighted by molar-refractivity contribution is 7.99. The zero-order valence-corrected chi connectivity index (χ0v) is 15.8. The maximum atomic E-state index is 12.9. The van der Waals surface area contributed by atoms with Gasteiger partial charge >= 0.3 is 0 Å². The number of nitrogens with one attached hydrogen (secondary N) is 1. The van der Waals surface area contributed by atoms with E-state index >= 15 is 0 Å². The van der Waals surface area contributed by atoms with Crippen molar-refractivity contribution in [3.8, 4) is 0 Å². The molecule has 7 heteroatoms. The first-order valence-corrected chi connectivity index (χ1v) is 9.73. The van der Waals surface area contributed by atoms with Crippen molar-refractivity contribution in [1.82, 2.24) is 9.97 Å². The lowest BCUT2D eigenvalue weighted by Gasteiger charge is -2.35. The number of nitrogens with zero attached hydrogens (tertiary/aromatic N) is 3. The molecule has 2 aromatic rings. The predicted octanol–water partition coefficient (Wildman–Crippen LogP) is 3.83. The number of hydrogen-bond donors (Lipinski definition) is 1. The van der Waals surface area contributed by atoms with E-state index in [2.05, 4.69) is 34.0 Å². The third kappa shape index (κ3) is 5.17. The maximum absolute atomic E-state index is 12.9. The van der Waals surface area contributed by atoms with Gasteiger partial charge in [-0.25, -0.2) is 14.4 Å². The number of rotatable bonds is 5. The number of benzene rings is 1. The molecule has 0 aliphatic carbocycles. The summed E-state index contributed by atoms with van der Waals surface area (Å²) in [5.41, 5.74) is 0.580. The molecule has 1 amide bonds. The van der Waals surface area contributed by atoms with Crippen molar-refractivity contribution in [1.29, 1.82) is 0 Å². The molecule has 0 spiro atoms. The van der Waals surface area contributed by atoms with E-state index in [0.29, 0.717) is 17.5 Å². The molecule has 2 unspecified atom stereocenters. The Balaban J connectivity index is 1.56. The molecule has 3 rings (SSSR count). The summed E-state index contributed by atoms with van der Waals surface area (Å²) in [7, 11) is 0. The molecule has 5 nitrogen and oxygen atoms in total. The molecular formula is C19H23FN4OS. The molecular weight excluding hydrogens is 351 g/mol. The Labute approximate surface area is 157 Å². The van der Waals surface area contributed by atoms with Gasteiger partial charge in [0.1, 0.15) is 23.0 Å². The van der Waals surface area contributed by atoms with Crippen LogP contribution in [0.2, 0.25) is 0 Å². The molecule has 1 aromatic carbocycles. The van der Waals surface area contributed by atoms with Crippen LogP contribution in [-0.4, -0.2) is 34.7 Å². The van der Waals surface area contributed by atoms with Crippen molar-refractivity contribution in [2.24, 2.45) is 11.8 Å². The van der Waals surface area contributed by atoms with Crippen LogP contribution in [0.5, 0.6) is 0 Å². The Morgan fingerprint density at radius 3 is 2.62 bits per heavy atom. The van der Waals surface area contributed by atoms with Crippen LogP contribution in [0.15, 0.2) is 41.7 Å². The monoisotopic (exact) mass is 374 g/mol. The van der Waals surface area contributed by atoms with Crippen LogP contribution in [0.3, 0.4) is 0 Å². The number of hydrogen-bond acceptors (Lipinski definition) is 5. The first-order valence-electron chi connectivity index (χ1n) is 8.75. The second-order valence-corrected chi connectivity index (χ2v) is 7.90. The highest BCUT2D eigenvalue weighted by atomic mass is 32.2. The lowest BCUT2D eigenvalue weighted by atomic mass is 9.92. The molecule has 138 valence electrons. The van der Waals surface area contributed by atoms with Crippen LogP contribution in [0.25, 0.3) is 0 Å². The van der Waals surface area contributed by atoms with Crippen molar-refractivity contribution >= 4 is 29.2 Å². The van der Waals surface area contributed by atoms with Crippen LogP contribution in [0, 0.1) is 17.7 Å². The number of anilines is 2. The summed E-state index contributed by atoms with van der Waals surface area (Å²) in [6.07, 6.45) is 2.80. The van der Waals surface area contributed by atoms with Gasteiger partial charge in [-0.1, -0.05) is 25.6 Å². The number of halogens is 1. The summed E-state index contributed by atoms with van der Waals surface area (Å²) in [5, 5.41) is 3.52. The maximum Gasteiger partial charge on any atom is 0.234 e. The fourth-order valence-electron chi connectivity index (χ4n) is 3.30. The van der Waals surface area contributed by atoms with Gasteiger partial charge in [0.25, 0.3) is 0 Å². The van der Waals surface area contributed by atoms with E-state index in [9.17, 15) is 9.18 Å². The van der Waals surface area contributed by atoms with Crippen molar-refractivity contribution in [3.05, 3.63) is 42.5 Å². The van der Waals surface area contributed by atoms with E-state index in [-0.39, 0.29) is 17.5 Å². The number of piperidine rings is 1. The molecule has 0 bridgehead atoms. The third-order valence-electron chi connectivity index (χ3n) is 4.30. The summed E-state index contributed by atoms with van der Waals surface area (Å²) in [4.78, 5) is 23.0. The van der Waals surface area contributed by atoms with Crippen molar-refractivity contribution < 1.29 is 9.18 Å². The molecule has 0 radical (unpaired) electrons. The van der Waals surface area contributed by atoms with Gasteiger partial charge in [-0.3, -0.25) is 4.79 Å². The number of carbonyl (C=O) groups is 1. The van der Waals surface area contributed by atoms with Crippen LogP contribution < -0.4 is 10.2 Å². The Morgan fingerprint density at radius 2 is 1.92 bits per heavy atom. The normalized spacial score (nSPS) is 20.0. The Bertz CT molecular complexity index is 745. The molecule has 1 aliphatic rings. The molecule has 0 saturated carbocycles. The van der Waals surface area contributed by atoms with Crippen molar-refractivity contribution in [2.45, 2.75) is 25.3 Å². The molecule has 26 heavy (non-hydrogen) atoms. The summed E-state index contributed by atoms with van der Waals surface area (Å²) in [6, 6.07) is 7.67. The van der Waals surface area contributed by atoms with Crippen LogP contribution in [0.4, 0.5) is 15.9 Å². The van der Waals surface area contributed by atoms with Crippen molar-refractivity contribution in [2.75, 3.05) is 29.1 Å². The highest BCUT2D eigenvalue weighted by Gasteiger charge is 2.23. The molecule has 1 aliphatic heterocycles. The van der Waals surface area contributed by atoms with Gasteiger partial charge in [-0.2, -0.15) is 0 Å². The number of carbonyl (C=O) groups excluding carboxylic acids is 1. The average Bonchev–Trinajstić information content (AvgIpc) is 2.61. The zero-order valence-electron chi connectivity index (χ0n) is 15.0. The number of amides is 1. The lowest BCUT2D eigenvalue weighted by molar-refractivity contribution is -0.113. The van der Waals surface area contributed by atoms with Gasteiger partial charge in [-0.05, 0) is 42.5 Å². The molecule has 1 N–H and O–H groups in total. The Morgan fingerprint density at radius 1 is 1.23 bits per heavy atom. The van der Waals surface area contributed by atoms with Crippen LogP contribution in [-0.2, 0) is 4.79 Å². The average molecular weight is 374 g/mol. The molecule has 1 saturated heterocycles. The minimum atomic E-state index is -0.327. The standard InChI is InChI=1S/C19H23FN4OS/c1-13-7-14(2)10-24(9-13)17-8-19(22-12-21-17)26-11-18(25)23-16-5-3-15(20)4-6-16/h3-6,8,12-14H,7,9-11H2,1-2H3,(H,23,25). The van der Waals surface area contributed by atoms with Crippen LogP contribution in [0.1, 0.15) is 20.3 Å². The fourth-order valence-corrected chi connectivity index (χ4v) is 3.96. The zero-order chi connectivity index (χ0) is 18.5. The molecule has 1 aromatic heterocycles. The Kier molecular flexibility index (Phi) is 6.08. The quantitative estimate of drug-likeness (QED) is 0.637. The molecule has 2 heterocycles. The van der Waals surface area contributed by atoms with Gasteiger partial charge in [0.2, 0.25) is 5.91 Å². The van der Waals surface area contributed by atoms with E-state index in [4.69, 9.17) is 0 Å². The summed E-state index contributed by atoms with van der Waals surface area (Å²) in [5.74, 6) is 1.97. The minimum Gasteiger partial charge on any atom is -0.356 e. The molecule has 2 atom stereocenters. The van der Waals surface area contributed by atoms with E-state index in [1.54, 1.807) is 18.5 Å². The summed E-state index contributed by atoms with van der Waals surface area (Å²) in [6.45, 7) is 6.52. The van der Waals surface area contributed by atoms with Gasteiger partial charge in [0.15, 0.2) is 0 Å². The van der Waals surface area contributed by atoms with Gasteiger partial charge < -0.3 is 10.2 Å². The first-order chi connectivity index (χ1) is 12.5. The number of thioether (sulfide) groups is 1. The third-order valence-corrected chi connectivity index (χ3v) is 5.23. The van der Waals surface area contributed by atoms with E-state index in [0.717, 1.165) is 23.9 Å². The molecule has 1 fully saturated rings. The smallest absolute Gasteiger partial charge is 0.234 e. The summed E-state index contributed by atoms with van der Waals surface area (Å²) < 4.78 is 12.9. The Hall–Kier alpha value is -2.15. The second-order valence-electron chi connectivity index (χ2n) is 6.91. The van der Waals surface area contributed by atoms with Gasteiger partial charge in [-0.15, -0.1) is 0 Å². The minimum absolute atomic E-state index is 0.151. The second kappa shape index (κ2) is 8.49. The van der Waals surface area contributed by atoms with Crippen molar-refractivity contribution in [3.63, 3.8) is 0 Å². The summed E-state index contributed by atoms with van der Waals surface area (Å²) >= 11 is 1.37. The van der Waals surface area contributed by atoms with E-state index in [1.807, 2.05) is 6.07 Å². The van der Waals surface area contributed by atoms with Gasteiger partial charge in [0, 0.05) is 24.8 Å². The number of aromatic nitrogens is 2. The fraction of sp³-hybridized carbons (Fsp3) is 0.421. The lowest BCUT2D eigenvalue weighted by Crippen LogP contribution is -2.39. The topological polar surface area (TPSA) is 58.1 Å². The SMILES string of the molecule is CC1CC(C)CN(c2cc(SCC(=O)Nc3ccc(F)cc3)ncn2)C1. The van der Waals surface area contributed by atoms with Gasteiger partial charge in [0.05, 0.1) is 5.75 Å². The van der Waals surface area contributed by atoms with E-state index < -0.39 is 0 Å². The largest absolute Gasteiger partial charge is 0.356 e. The predicted molar refractivity (Wildman–Crippen MR) is 103 cm³/mol. The first kappa shape index (κ1) is 18.6. The van der Waals surface area contributed by atoms with E-state index in [1.165, 1.54) is 30.3 Å². The van der Waals surface area contributed by atoms with Crippen LogP contribution >= 0.6 is 11.8 Å².